The first-order chi connectivity index (χ1) is 22.7. The Kier molecular flexibility index (Phi) is 7.38. The van der Waals surface area contributed by atoms with Crippen LogP contribution in [-0.2, 0) is 0 Å². The smallest absolute Gasteiger partial charge is 0.256 e. The molecule has 2 N–H and O–H groups in total. The van der Waals surface area contributed by atoms with Crippen molar-refractivity contribution in [1.29, 1.82) is 0 Å². The highest BCUT2D eigenvalue weighted by Gasteiger charge is 2.57. The van der Waals surface area contributed by atoms with Gasteiger partial charge in [0.15, 0.2) is 23.0 Å². The van der Waals surface area contributed by atoms with E-state index in [-0.39, 0.29) is 29.3 Å². The lowest BCUT2D eigenvalue weighted by Crippen LogP contribution is -2.47. The van der Waals surface area contributed by atoms with Crippen LogP contribution in [-0.4, -0.2) is 99.1 Å². The molecule has 0 aromatic heterocycles. The summed E-state index contributed by atoms with van der Waals surface area (Å²) >= 11 is 0. The molecule has 2 amide bonds. The molecule has 0 radical (unpaired) electrons. The van der Waals surface area contributed by atoms with Crippen molar-refractivity contribution < 1.29 is 33.6 Å². The van der Waals surface area contributed by atoms with Crippen LogP contribution in [0, 0.1) is 10.8 Å². The predicted octanol–water partition coefficient (Wildman–Crippen LogP) is 4.52. The summed E-state index contributed by atoms with van der Waals surface area (Å²) in [7, 11) is 5.03. The number of rotatable bonds is 10. The average Bonchev–Trinajstić information content (AvgIpc) is 3.96. The van der Waals surface area contributed by atoms with Crippen LogP contribution >= 0.6 is 0 Å². The Morgan fingerprint density at radius 2 is 1.38 bits per heavy atom. The van der Waals surface area contributed by atoms with Gasteiger partial charge in [-0.2, -0.15) is 0 Å². The third-order valence-electron chi connectivity index (χ3n) is 11.6. The van der Waals surface area contributed by atoms with Gasteiger partial charge in [-0.1, -0.05) is 0 Å². The molecule has 1 unspecified atom stereocenters. The minimum absolute atomic E-state index is 0.0534. The quantitative estimate of drug-likeness (QED) is 0.360. The van der Waals surface area contributed by atoms with Gasteiger partial charge < -0.3 is 44.1 Å². The molecule has 2 aromatic rings. The number of aliphatic hydroxyl groups is 1. The number of aliphatic hydroxyl groups excluding tert-OH is 1. The minimum Gasteiger partial charge on any atom is -0.493 e. The van der Waals surface area contributed by atoms with Gasteiger partial charge in [0.2, 0.25) is 0 Å². The van der Waals surface area contributed by atoms with Crippen molar-refractivity contribution >= 4 is 23.2 Å². The van der Waals surface area contributed by atoms with Crippen LogP contribution < -0.4 is 29.2 Å². The van der Waals surface area contributed by atoms with Crippen LogP contribution in [0.4, 0.5) is 11.4 Å². The van der Waals surface area contributed by atoms with Crippen molar-refractivity contribution in [2.24, 2.45) is 10.8 Å². The maximum atomic E-state index is 13.6. The number of carbonyl (C=O) groups is 2. The molecule has 11 heteroatoms. The van der Waals surface area contributed by atoms with E-state index in [1.807, 2.05) is 30.1 Å². The second-order valence-electron chi connectivity index (χ2n) is 14.7. The number of unbranched alkanes of at least 4 members (excludes halogenated alkanes) is 2. The largest absolute Gasteiger partial charge is 0.493 e. The van der Waals surface area contributed by atoms with Crippen LogP contribution in [0.1, 0.15) is 78.5 Å². The van der Waals surface area contributed by atoms with Gasteiger partial charge in [0.05, 0.1) is 56.0 Å². The van der Waals surface area contributed by atoms with E-state index in [1.165, 1.54) is 12.8 Å². The number of likely N-dealkylation sites (N-methyl/N-ethyl adjacent to an activating group) is 1. The SMILES string of the molecule is COc1cc2c(cc1OCCCCCOc1cc3c(cc1OC)C(=O)N1CC4(CC4)C[C@H]1C(O)N3C)NC[C@@H]1CC3(CC3)CN1C2=O. The molecule has 0 bridgehead atoms. The zero-order chi connectivity index (χ0) is 32.5. The van der Waals surface area contributed by atoms with Crippen LogP contribution in [0.25, 0.3) is 0 Å². The molecule has 2 aromatic carbocycles. The third-order valence-corrected chi connectivity index (χ3v) is 11.6. The normalized spacial score (nSPS) is 25.8. The van der Waals surface area contributed by atoms with Gasteiger partial charge in [-0.15, -0.1) is 0 Å². The lowest BCUT2D eigenvalue weighted by atomic mass is 10.0. The van der Waals surface area contributed by atoms with Crippen molar-refractivity contribution in [3.63, 3.8) is 0 Å². The summed E-state index contributed by atoms with van der Waals surface area (Å²) in [5.41, 5.74) is 3.20. The molecule has 47 heavy (non-hydrogen) atoms. The zero-order valence-electron chi connectivity index (χ0n) is 27.7. The van der Waals surface area contributed by atoms with Crippen LogP contribution in [0.15, 0.2) is 24.3 Å². The number of nitrogens with one attached hydrogen (secondary N) is 1. The molecule has 4 heterocycles. The standard InChI is InChI=1S/C36H46N4O7/c1-38-26-16-31(29(45-3)14-24(26)33(42)40-21-36(9-10-36)18-27(40)34(38)43)47-12-6-4-5-11-46-30-15-25-23(13-28(30)44-2)32(41)39-20-35(7-8-35)17-22(39)19-37-25/h13-16,22,27,34,37,43H,4-12,17-21H2,1-3H3/t22-,27-,34?/m0/s1. The van der Waals surface area contributed by atoms with Crippen molar-refractivity contribution in [2.75, 3.05) is 64.3 Å². The Hall–Kier alpha value is -3.86. The number of fused-ring (bicyclic) bond motifs is 4. The Bertz CT molecular complexity index is 1590. The van der Waals surface area contributed by atoms with Gasteiger partial charge in [0, 0.05) is 44.9 Å². The van der Waals surface area contributed by atoms with E-state index in [0.29, 0.717) is 65.0 Å². The number of ether oxygens (including phenoxy) is 4. The number of hydrogen-bond acceptors (Lipinski definition) is 9. The second-order valence-corrected chi connectivity index (χ2v) is 14.7. The fourth-order valence-electron chi connectivity index (χ4n) is 8.37. The lowest BCUT2D eigenvalue weighted by molar-refractivity contribution is 0.0526. The van der Waals surface area contributed by atoms with Gasteiger partial charge >= 0.3 is 0 Å². The molecular weight excluding hydrogens is 600 g/mol. The van der Waals surface area contributed by atoms with E-state index in [2.05, 4.69) is 10.2 Å². The summed E-state index contributed by atoms with van der Waals surface area (Å²) in [6.07, 6.45) is 8.37. The number of carbonyl (C=O) groups excluding carboxylic acids is 2. The second kappa shape index (κ2) is 11.4. The van der Waals surface area contributed by atoms with Crippen LogP contribution in [0.5, 0.6) is 23.0 Å². The van der Waals surface area contributed by atoms with Gasteiger partial charge in [-0.05, 0) is 80.8 Å². The van der Waals surface area contributed by atoms with Crippen molar-refractivity contribution in [2.45, 2.75) is 76.1 Å². The summed E-state index contributed by atoms with van der Waals surface area (Å²) in [5, 5.41) is 14.7. The number of nitrogens with zero attached hydrogens (tertiary/aromatic N) is 3. The Morgan fingerprint density at radius 1 is 0.787 bits per heavy atom. The first-order valence-electron chi connectivity index (χ1n) is 17.2. The molecule has 252 valence electrons. The van der Waals surface area contributed by atoms with Crippen molar-refractivity contribution in [3.8, 4) is 23.0 Å². The fraction of sp³-hybridized carbons (Fsp3) is 0.611. The lowest BCUT2D eigenvalue weighted by Gasteiger charge is -2.31. The summed E-state index contributed by atoms with van der Waals surface area (Å²) in [4.78, 5) is 32.8. The summed E-state index contributed by atoms with van der Waals surface area (Å²) in [6, 6.07) is 7.33. The van der Waals surface area contributed by atoms with Crippen LogP contribution in [0.2, 0.25) is 0 Å². The van der Waals surface area contributed by atoms with E-state index in [0.717, 1.165) is 63.7 Å². The molecule has 3 atom stereocenters. The molecule has 11 nitrogen and oxygen atoms in total. The molecule has 4 aliphatic heterocycles. The van der Waals surface area contributed by atoms with E-state index in [4.69, 9.17) is 18.9 Å². The molecular formula is C36H46N4O7. The summed E-state index contributed by atoms with van der Waals surface area (Å²) in [6.45, 7) is 3.31. The minimum atomic E-state index is -0.775. The molecule has 6 aliphatic rings. The topological polar surface area (TPSA) is 113 Å². The van der Waals surface area contributed by atoms with Crippen molar-refractivity contribution in [1.82, 2.24) is 9.80 Å². The Balaban J connectivity index is 0.858. The molecule has 2 saturated carbocycles. The molecule has 4 fully saturated rings. The Labute approximate surface area is 276 Å². The zero-order valence-corrected chi connectivity index (χ0v) is 27.7. The Morgan fingerprint density at radius 3 is 2.04 bits per heavy atom. The maximum Gasteiger partial charge on any atom is 0.256 e. The number of anilines is 2. The molecule has 2 aliphatic carbocycles. The van der Waals surface area contributed by atoms with Gasteiger partial charge in [0.1, 0.15) is 6.23 Å². The third kappa shape index (κ3) is 5.30. The first kappa shape index (κ1) is 30.5. The number of hydrogen-bond donors (Lipinski definition) is 2. The monoisotopic (exact) mass is 646 g/mol. The van der Waals surface area contributed by atoms with E-state index in [1.54, 1.807) is 25.2 Å². The van der Waals surface area contributed by atoms with E-state index in [9.17, 15) is 14.7 Å². The number of benzene rings is 2. The molecule has 8 rings (SSSR count). The van der Waals surface area contributed by atoms with Crippen LogP contribution in [0.3, 0.4) is 0 Å². The average molecular weight is 647 g/mol. The molecule has 2 saturated heterocycles. The highest BCUT2D eigenvalue weighted by atomic mass is 16.5. The van der Waals surface area contributed by atoms with Gasteiger partial charge in [-0.3, -0.25) is 9.59 Å². The van der Waals surface area contributed by atoms with E-state index >= 15 is 0 Å². The maximum absolute atomic E-state index is 13.6. The van der Waals surface area contributed by atoms with E-state index < -0.39 is 6.23 Å². The highest BCUT2D eigenvalue weighted by Crippen LogP contribution is 2.57. The number of amides is 2. The highest BCUT2D eigenvalue weighted by molar-refractivity contribution is 6.02. The predicted molar refractivity (Wildman–Crippen MR) is 176 cm³/mol. The number of methoxy groups -OCH3 is 2. The first-order valence-corrected chi connectivity index (χ1v) is 17.2. The summed E-state index contributed by atoms with van der Waals surface area (Å²) < 4.78 is 23.6. The van der Waals surface area contributed by atoms with Gasteiger partial charge in [-0.25, -0.2) is 0 Å². The van der Waals surface area contributed by atoms with Crippen molar-refractivity contribution in [3.05, 3.63) is 35.4 Å². The summed E-state index contributed by atoms with van der Waals surface area (Å²) in [5.74, 6) is 2.29. The van der Waals surface area contributed by atoms with Gasteiger partial charge in [0.25, 0.3) is 11.8 Å². The fourth-order valence-corrected chi connectivity index (χ4v) is 8.37. The molecule has 2 spiro atoms.